The van der Waals surface area contributed by atoms with Crippen LogP contribution in [0.2, 0.25) is 0 Å². The fourth-order valence-electron chi connectivity index (χ4n) is 2.54. The molecule has 0 aromatic heterocycles. The normalized spacial score (nSPS) is 15.1. The molecule has 0 heteroatoms. The molecule has 1 aromatic rings. The van der Waals surface area contributed by atoms with Crippen molar-refractivity contribution in [3.8, 4) is 0 Å². The van der Waals surface area contributed by atoms with Crippen LogP contribution in [-0.4, -0.2) is 0 Å². The third-order valence-electron chi connectivity index (χ3n) is 3.28. The molecule has 0 saturated carbocycles. The van der Waals surface area contributed by atoms with Gasteiger partial charge in [-0.3, -0.25) is 0 Å². The Bertz CT molecular complexity index is 294. The van der Waals surface area contributed by atoms with Gasteiger partial charge in [0.15, 0.2) is 0 Å². The lowest BCUT2D eigenvalue weighted by molar-refractivity contribution is 0.393. The standard InChI is InChI=1S/C16H26/c1-12(2)10-14(4)11-15(5)16-8-6-13(3)7-9-16/h6-9,12,14-15H,10-11H2,1-5H3. The molecule has 0 heterocycles. The van der Waals surface area contributed by atoms with Crippen molar-refractivity contribution in [3.05, 3.63) is 35.4 Å². The number of hydrogen-bond donors (Lipinski definition) is 0. The molecule has 0 amide bonds. The number of rotatable bonds is 5. The van der Waals surface area contributed by atoms with E-state index in [-0.39, 0.29) is 0 Å². The van der Waals surface area contributed by atoms with Gasteiger partial charge in [-0.05, 0) is 43.1 Å². The van der Waals surface area contributed by atoms with Crippen LogP contribution in [0.15, 0.2) is 24.3 Å². The molecule has 0 fully saturated rings. The Balaban J connectivity index is 2.51. The van der Waals surface area contributed by atoms with Crippen LogP contribution in [0.25, 0.3) is 0 Å². The summed E-state index contributed by atoms with van der Waals surface area (Å²) in [6, 6.07) is 9.00. The molecule has 1 rings (SSSR count). The molecule has 0 spiro atoms. The Morgan fingerprint density at radius 3 is 1.94 bits per heavy atom. The van der Waals surface area contributed by atoms with Crippen LogP contribution >= 0.6 is 0 Å². The van der Waals surface area contributed by atoms with Gasteiger partial charge in [0, 0.05) is 0 Å². The van der Waals surface area contributed by atoms with Crippen LogP contribution in [0.1, 0.15) is 57.6 Å². The summed E-state index contributed by atoms with van der Waals surface area (Å²) in [6.45, 7) is 11.5. The second-order valence-electron chi connectivity index (χ2n) is 5.78. The van der Waals surface area contributed by atoms with Gasteiger partial charge in [-0.1, -0.05) is 57.5 Å². The van der Waals surface area contributed by atoms with E-state index in [1.54, 1.807) is 0 Å². The van der Waals surface area contributed by atoms with Crippen LogP contribution in [0.5, 0.6) is 0 Å². The summed E-state index contributed by atoms with van der Waals surface area (Å²) in [5, 5.41) is 0. The van der Waals surface area contributed by atoms with Crippen molar-refractivity contribution < 1.29 is 0 Å². The highest BCUT2D eigenvalue weighted by atomic mass is 14.2. The molecule has 2 unspecified atom stereocenters. The van der Waals surface area contributed by atoms with E-state index in [9.17, 15) is 0 Å². The SMILES string of the molecule is Cc1ccc(C(C)CC(C)CC(C)C)cc1. The van der Waals surface area contributed by atoms with Gasteiger partial charge < -0.3 is 0 Å². The molecule has 0 N–H and O–H groups in total. The molecule has 2 atom stereocenters. The van der Waals surface area contributed by atoms with Gasteiger partial charge in [0.1, 0.15) is 0 Å². The highest BCUT2D eigenvalue weighted by molar-refractivity contribution is 5.24. The number of benzene rings is 1. The Labute approximate surface area is 101 Å². The second-order valence-corrected chi connectivity index (χ2v) is 5.78. The average Bonchev–Trinajstić information content (AvgIpc) is 2.16. The molecule has 0 aliphatic heterocycles. The van der Waals surface area contributed by atoms with Crippen molar-refractivity contribution in [2.75, 3.05) is 0 Å². The van der Waals surface area contributed by atoms with E-state index in [1.165, 1.54) is 24.0 Å². The van der Waals surface area contributed by atoms with Crippen LogP contribution in [-0.2, 0) is 0 Å². The first kappa shape index (κ1) is 13.3. The molecule has 16 heavy (non-hydrogen) atoms. The number of aryl methyl sites for hydroxylation is 1. The van der Waals surface area contributed by atoms with Gasteiger partial charge in [-0.2, -0.15) is 0 Å². The van der Waals surface area contributed by atoms with Crippen LogP contribution < -0.4 is 0 Å². The minimum atomic E-state index is 0.689. The van der Waals surface area contributed by atoms with E-state index in [2.05, 4.69) is 58.9 Å². The zero-order chi connectivity index (χ0) is 12.1. The predicted molar refractivity (Wildman–Crippen MR) is 72.8 cm³/mol. The summed E-state index contributed by atoms with van der Waals surface area (Å²) >= 11 is 0. The minimum absolute atomic E-state index is 0.689. The topological polar surface area (TPSA) is 0 Å². The fraction of sp³-hybridized carbons (Fsp3) is 0.625. The molecular weight excluding hydrogens is 192 g/mol. The maximum absolute atomic E-state index is 2.38. The minimum Gasteiger partial charge on any atom is -0.0628 e. The van der Waals surface area contributed by atoms with Crippen LogP contribution in [0.4, 0.5) is 0 Å². The Morgan fingerprint density at radius 2 is 1.44 bits per heavy atom. The quantitative estimate of drug-likeness (QED) is 0.639. The highest BCUT2D eigenvalue weighted by Gasteiger charge is 2.11. The first-order valence-electron chi connectivity index (χ1n) is 6.55. The molecule has 0 bridgehead atoms. The maximum Gasteiger partial charge on any atom is -0.0188 e. The lowest BCUT2D eigenvalue weighted by atomic mass is 9.87. The number of hydrogen-bond acceptors (Lipinski definition) is 0. The van der Waals surface area contributed by atoms with E-state index in [0.29, 0.717) is 5.92 Å². The van der Waals surface area contributed by atoms with Crippen LogP contribution in [0.3, 0.4) is 0 Å². The van der Waals surface area contributed by atoms with Gasteiger partial charge in [-0.25, -0.2) is 0 Å². The van der Waals surface area contributed by atoms with Crippen molar-refractivity contribution in [1.82, 2.24) is 0 Å². The van der Waals surface area contributed by atoms with Gasteiger partial charge in [-0.15, -0.1) is 0 Å². The molecular formula is C16H26. The highest BCUT2D eigenvalue weighted by Crippen LogP contribution is 2.26. The molecule has 0 aliphatic carbocycles. The predicted octanol–water partition coefficient (Wildman–Crippen LogP) is 5.17. The summed E-state index contributed by atoms with van der Waals surface area (Å²) in [5.41, 5.74) is 2.84. The average molecular weight is 218 g/mol. The molecule has 0 aliphatic rings. The lowest BCUT2D eigenvalue weighted by Crippen LogP contribution is -2.05. The second kappa shape index (κ2) is 6.08. The summed E-state index contributed by atoms with van der Waals surface area (Å²) in [7, 11) is 0. The van der Waals surface area contributed by atoms with Gasteiger partial charge >= 0.3 is 0 Å². The molecule has 0 nitrogen and oxygen atoms in total. The zero-order valence-electron chi connectivity index (χ0n) is 11.5. The third-order valence-corrected chi connectivity index (χ3v) is 3.28. The largest absolute Gasteiger partial charge is 0.0628 e. The van der Waals surface area contributed by atoms with Crippen molar-refractivity contribution in [2.24, 2.45) is 11.8 Å². The van der Waals surface area contributed by atoms with Gasteiger partial charge in [0.2, 0.25) is 0 Å². The van der Waals surface area contributed by atoms with E-state index in [4.69, 9.17) is 0 Å². The molecule has 90 valence electrons. The maximum atomic E-state index is 2.38. The first-order chi connectivity index (χ1) is 7.49. The van der Waals surface area contributed by atoms with E-state index in [0.717, 1.165) is 11.8 Å². The summed E-state index contributed by atoms with van der Waals surface area (Å²) in [4.78, 5) is 0. The smallest absolute Gasteiger partial charge is 0.0188 e. The van der Waals surface area contributed by atoms with Crippen LogP contribution in [0, 0.1) is 18.8 Å². The summed E-state index contributed by atoms with van der Waals surface area (Å²) in [5.74, 6) is 2.34. The Morgan fingerprint density at radius 1 is 0.875 bits per heavy atom. The Hall–Kier alpha value is -0.780. The monoisotopic (exact) mass is 218 g/mol. The first-order valence-corrected chi connectivity index (χ1v) is 6.55. The summed E-state index contributed by atoms with van der Waals surface area (Å²) < 4.78 is 0. The summed E-state index contributed by atoms with van der Waals surface area (Å²) in [6.07, 6.45) is 2.65. The fourth-order valence-corrected chi connectivity index (χ4v) is 2.54. The van der Waals surface area contributed by atoms with E-state index >= 15 is 0 Å². The van der Waals surface area contributed by atoms with Gasteiger partial charge in [0.25, 0.3) is 0 Å². The van der Waals surface area contributed by atoms with E-state index in [1.807, 2.05) is 0 Å². The van der Waals surface area contributed by atoms with E-state index < -0.39 is 0 Å². The lowest BCUT2D eigenvalue weighted by Gasteiger charge is -2.19. The van der Waals surface area contributed by atoms with Crippen molar-refractivity contribution >= 4 is 0 Å². The molecule has 0 radical (unpaired) electrons. The molecule has 0 saturated heterocycles. The van der Waals surface area contributed by atoms with Gasteiger partial charge in [0.05, 0.1) is 0 Å². The van der Waals surface area contributed by atoms with Crippen molar-refractivity contribution in [1.29, 1.82) is 0 Å². The Kier molecular flexibility index (Phi) is 5.05. The van der Waals surface area contributed by atoms with Crippen molar-refractivity contribution in [3.63, 3.8) is 0 Å². The molecule has 1 aromatic carbocycles. The third kappa shape index (κ3) is 4.38. The zero-order valence-corrected chi connectivity index (χ0v) is 11.5. The van der Waals surface area contributed by atoms with Crippen molar-refractivity contribution in [2.45, 2.75) is 53.4 Å².